The van der Waals surface area contributed by atoms with Crippen LogP contribution in [0.2, 0.25) is 0 Å². The molecule has 1 aliphatic heterocycles. The van der Waals surface area contributed by atoms with E-state index in [0.717, 1.165) is 0 Å². The molecule has 0 spiro atoms. The highest BCUT2D eigenvalue weighted by Gasteiger charge is 2.42. The maximum absolute atomic E-state index is 9.89. The smallest absolute Gasteiger partial charge is 0.134 e. The third-order valence-corrected chi connectivity index (χ3v) is 3.35. The van der Waals surface area contributed by atoms with Crippen LogP contribution < -0.4 is 0 Å². The number of hydrogen-bond acceptors (Lipinski definition) is 7. The topological polar surface area (TPSA) is 124 Å². The average Bonchev–Trinajstić information content (AvgIpc) is 2.99. The molecule has 3 heterocycles. The summed E-state index contributed by atoms with van der Waals surface area (Å²) in [7, 11) is 0. The van der Waals surface area contributed by atoms with Crippen molar-refractivity contribution in [3.05, 3.63) is 18.0 Å². The van der Waals surface area contributed by atoms with E-state index in [1.807, 2.05) is 0 Å². The lowest BCUT2D eigenvalue weighted by molar-refractivity contribution is -0.0217. The molecule has 102 valence electrons. The van der Waals surface area contributed by atoms with Gasteiger partial charge in [0.05, 0.1) is 18.4 Å². The molecule has 0 saturated carbocycles. The largest absolute Gasteiger partial charge is 0.394 e. The Morgan fingerprint density at radius 3 is 2.74 bits per heavy atom. The van der Waals surface area contributed by atoms with Crippen LogP contribution in [-0.2, 0) is 11.2 Å². The summed E-state index contributed by atoms with van der Waals surface area (Å²) in [4.78, 5) is 4.20. The van der Waals surface area contributed by atoms with E-state index in [2.05, 4.69) is 20.4 Å². The summed E-state index contributed by atoms with van der Waals surface area (Å²) in [6.45, 7) is -0.337. The van der Waals surface area contributed by atoms with Crippen LogP contribution in [0.25, 0.3) is 11.0 Å². The van der Waals surface area contributed by atoms with Crippen LogP contribution in [0.1, 0.15) is 5.69 Å². The lowest BCUT2D eigenvalue weighted by atomic mass is 10.0. The van der Waals surface area contributed by atoms with E-state index in [-0.39, 0.29) is 6.61 Å². The van der Waals surface area contributed by atoms with Crippen molar-refractivity contribution in [2.75, 3.05) is 6.61 Å². The van der Waals surface area contributed by atoms with Crippen molar-refractivity contribution in [2.24, 2.45) is 0 Å². The number of fused-ring (bicyclic) bond motifs is 1. The van der Waals surface area contributed by atoms with Gasteiger partial charge in [0, 0.05) is 12.6 Å². The summed E-state index contributed by atoms with van der Waals surface area (Å²) in [6, 6.07) is 1.72. The molecular formula is C11H14N4O4. The molecule has 2 aromatic rings. The lowest BCUT2D eigenvalue weighted by Gasteiger charge is -2.13. The van der Waals surface area contributed by atoms with E-state index in [1.54, 1.807) is 12.3 Å². The second-order valence-electron chi connectivity index (χ2n) is 4.53. The third kappa shape index (κ3) is 2.08. The predicted octanol–water partition coefficient (Wildman–Crippen LogP) is -1.62. The van der Waals surface area contributed by atoms with Crippen LogP contribution >= 0.6 is 0 Å². The Bertz CT molecular complexity index is 575. The van der Waals surface area contributed by atoms with E-state index in [0.29, 0.717) is 23.1 Å². The van der Waals surface area contributed by atoms with Crippen molar-refractivity contribution in [3.63, 3.8) is 0 Å². The molecule has 2 unspecified atom stereocenters. The van der Waals surface area contributed by atoms with Gasteiger partial charge in [-0.1, -0.05) is 0 Å². The molecule has 4 N–H and O–H groups in total. The number of pyridine rings is 1. The average molecular weight is 266 g/mol. The van der Waals surface area contributed by atoms with Gasteiger partial charge in [0.25, 0.3) is 0 Å². The summed E-state index contributed by atoms with van der Waals surface area (Å²) >= 11 is 0. The number of nitrogens with one attached hydrogen (secondary N) is 1. The number of aliphatic hydroxyl groups is 3. The van der Waals surface area contributed by atoms with E-state index in [9.17, 15) is 10.2 Å². The molecule has 8 nitrogen and oxygen atoms in total. The molecule has 0 aromatic carbocycles. The molecule has 2 aromatic heterocycles. The van der Waals surface area contributed by atoms with Gasteiger partial charge < -0.3 is 20.1 Å². The Balaban J connectivity index is 1.84. The van der Waals surface area contributed by atoms with Crippen LogP contribution in [0.4, 0.5) is 0 Å². The second kappa shape index (κ2) is 4.82. The maximum Gasteiger partial charge on any atom is 0.134 e. The zero-order valence-corrected chi connectivity index (χ0v) is 9.97. The minimum Gasteiger partial charge on any atom is -0.394 e. The number of H-pyrrole nitrogens is 1. The van der Waals surface area contributed by atoms with E-state index in [1.165, 1.54) is 0 Å². The number of aliphatic hydroxyl groups excluding tert-OH is 3. The first-order valence-corrected chi connectivity index (χ1v) is 5.97. The minimum absolute atomic E-state index is 0.290. The van der Waals surface area contributed by atoms with E-state index < -0.39 is 24.4 Å². The zero-order valence-electron chi connectivity index (χ0n) is 9.97. The fraction of sp³-hybridized carbons (Fsp3) is 0.545. The number of ether oxygens (including phenoxy) is 1. The highest BCUT2D eigenvalue weighted by Crippen LogP contribution is 2.25. The Kier molecular flexibility index (Phi) is 3.15. The molecule has 0 amide bonds. The first-order valence-electron chi connectivity index (χ1n) is 5.97. The molecule has 4 atom stereocenters. The van der Waals surface area contributed by atoms with E-state index in [4.69, 9.17) is 9.84 Å². The lowest BCUT2D eigenvalue weighted by Crippen LogP contribution is -2.34. The van der Waals surface area contributed by atoms with Crippen LogP contribution in [0.3, 0.4) is 0 Å². The normalized spacial score (nSPS) is 31.1. The van der Waals surface area contributed by atoms with Crippen LogP contribution in [0.15, 0.2) is 12.3 Å². The van der Waals surface area contributed by atoms with Gasteiger partial charge >= 0.3 is 0 Å². The standard InChI is InChI=1S/C11H14N4O4/c16-4-8-11(18)10(17)7(19-8)3-6-9-5(1-2-12-6)13-15-14-9/h1-2,7-8,10-11,16-18H,3-4H2,(H,13,14,15)/t7-,8+,10?,11?/m0/s1. The van der Waals surface area contributed by atoms with Gasteiger partial charge in [-0.3, -0.25) is 4.98 Å². The fourth-order valence-corrected chi connectivity index (χ4v) is 2.31. The number of rotatable bonds is 3. The van der Waals surface area contributed by atoms with E-state index >= 15 is 0 Å². The third-order valence-electron chi connectivity index (χ3n) is 3.35. The molecule has 0 radical (unpaired) electrons. The number of hydrogen-bond donors (Lipinski definition) is 4. The predicted molar refractivity (Wildman–Crippen MR) is 63.1 cm³/mol. The van der Waals surface area contributed by atoms with Crippen LogP contribution in [0.5, 0.6) is 0 Å². The molecular weight excluding hydrogens is 252 g/mol. The minimum atomic E-state index is -1.09. The molecule has 0 bridgehead atoms. The Morgan fingerprint density at radius 2 is 2.00 bits per heavy atom. The van der Waals surface area contributed by atoms with Crippen LogP contribution in [0, 0.1) is 0 Å². The molecule has 1 saturated heterocycles. The van der Waals surface area contributed by atoms with Gasteiger partial charge in [0.1, 0.15) is 29.3 Å². The first kappa shape index (κ1) is 12.4. The van der Waals surface area contributed by atoms with Gasteiger partial charge in [-0.05, 0) is 6.07 Å². The van der Waals surface area contributed by atoms with Gasteiger partial charge in [-0.15, -0.1) is 0 Å². The SMILES string of the molecule is OC[C@H]1O[C@@H](Cc2nccc3n[nH]nc23)C(O)C1O. The van der Waals surface area contributed by atoms with Crippen molar-refractivity contribution in [1.29, 1.82) is 0 Å². The van der Waals surface area contributed by atoms with Crippen molar-refractivity contribution in [1.82, 2.24) is 20.4 Å². The highest BCUT2D eigenvalue weighted by molar-refractivity contribution is 5.75. The number of nitrogens with zero attached hydrogens (tertiary/aromatic N) is 3. The van der Waals surface area contributed by atoms with Crippen molar-refractivity contribution < 1.29 is 20.1 Å². The van der Waals surface area contributed by atoms with Crippen LogP contribution in [-0.4, -0.2) is 66.7 Å². The van der Waals surface area contributed by atoms with Gasteiger partial charge in [0.15, 0.2) is 0 Å². The summed E-state index contributed by atoms with van der Waals surface area (Å²) in [5, 5.41) is 39.1. The van der Waals surface area contributed by atoms with Gasteiger partial charge in [-0.25, -0.2) is 0 Å². The van der Waals surface area contributed by atoms with Crippen molar-refractivity contribution in [3.8, 4) is 0 Å². The molecule has 8 heteroatoms. The molecule has 0 aliphatic carbocycles. The van der Waals surface area contributed by atoms with Crippen molar-refractivity contribution in [2.45, 2.75) is 30.8 Å². The fourth-order valence-electron chi connectivity index (χ4n) is 2.31. The zero-order chi connectivity index (χ0) is 13.4. The molecule has 1 fully saturated rings. The maximum atomic E-state index is 9.89. The Morgan fingerprint density at radius 1 is 1.21 bits per heavy atom. The second-order valence-corrected chi connectivity index (χ2v) is 4.53. The van der Waals surface area contributed by atoms with Gasteiger partial charge in [-0.2, -0.15) is 15.4 Å². The number of aromatic nitrogens is 4. The summed E-state index contributed by atoms with van der Waals surface area (Å²) in [5.74, 6) is 0. The quantitative estimate of drug-likeness (QED) is 0.526. The highest BCUT2D eigenvalue weighted by atomic mass is 16.6. The summed E-state index contributed by atoms with van der Waals surface area (Å²) in [6.07, 6.45) is -1.65. The Hall–Kier alpha value is -1.61. The monoisotopic (exact) mass is 266 g/mol. The first-order chi connectivity index (χ1) is 9.20. The Labute approximate surface area is 108 Å². The molecule has 19 heavy (non-hydrogen) atoms. The summed E-state index contributed by atoms with van der Waals surface area (Å²) in [5.41, 5.74) is 1.91. The molecule has 1 aliphatic rings. The van der Waals surface area contributed by atoms with Gasteiger partial charge in [0.2, 0.25) is 0 Å². The summed E-state index contributed by atoms with van der Waals surface area (Å²) < 4.78 is 5.42. The molecule has 3 rings (SSSR count). The number of aromatic amines is 1. The van der Waals surface area contributed by atoms with Crippen molar-refractivity contribution >= 4 is 11.0 Å².